The Balaban J connectivity index is 1.73. The summed E-state index contributed by atoms with van der Waals surface area (Å²) in [5.41, 5.74) is -0.404. The predicted octanol–water partition coefficient (Wildman–Crippen LogP) is 8.10. The molecule has 0 spiro atoms. The molecule has 4 rings (SSSR count). The fourth-order valence-electron chi connectivity index (χ4n) is 5.71. The molecule has 1 unspecified atom stereocenters. The summed E-state index contributed by atoms with van der Waals surface area (Å²) in [6.45, 7) is 8.29. The molecule has 2 aromatic rings. The third-order valence-corrected chi connectivity index (χ3v) is 8.35. The lowest BCUT2D eigenvalue weighted by Gasteiger charge is -2.38. The normalized spacial score (nSPS) is 28.4. The van der Waals surface area contributed by atoms with E-state index in [1.165, 1.54) is 17.0 Å². The number of nitrogens with one attached hydrogen (secondary N) is 1. The monoisotopic (exact) mass is 552 g/mol. The van der Waals surface area contributed by atoms with Crippen LogP contribution in [-0.2, 0) is 16.5 Å². The van der Waals surface area contributed by atoms with Crippen LogP contribution in [0.25, 0.3) is 0 Å². The van der Waals surface area contributed by atoms with Gasteiger partial charge in [-0.15, -0.1) is 0 Å². The van der Waals surface area contributed by atoms with Crippen molar-refractivity contribution in [2.75, 3.05) is 0 Å². The third kappa shape index (κ3) is 5.60. The molecule has 37 heavy (non-hydrogen) atoms. The van der Waals surface area contributed by atoms with Gasteiger partial charge < -0.3 is 10.1 Å². The number of nitrogens with zero attached hydrogens (tertiary/aromatic N) is 1. The van der Waals surface area contributed by atoms with E-state index < -0.39 is 29.4 Å². The van der Waals surface area contributed by atoms with Crippen LogP contribution in [0.4, 0.5) is 18.0 Å². The summed E-state index contributed by atoms with van der Waals surface area (Å²) in [5, 5.41) is 3.97. The van der Waals surface area contributed by atoms with Crippen molar-refractivity contribution in [3.63, 3.8) is 0 Å². The number of halogens is 4. The zero-order chi connectivity index (χ0) is 27.1. The molecule has 2 aromatic carbocycles. The molecule has 0 radical (unpaired) electrons. The number of hydrogen-bond donors (Lipinski definition) is 1. The highest BCUT2D eigenvalue weighted by Crippen LogP contribution is 2.46. The van der Waals surface area contributed by atoms with Crippen molar-refractivity contribution in [3.05, 3.63) is 70.2 Å². The molecule has 1 saturated carbocycles. The van der Waals surface area contributed by atoms with Gasteiger partial charge in [0.1, 0.15) is 6.10 Å². The number of alkyl halides is 3. The van der Waals surface area contributed by atoms with Crippen LogP contribution in [0.5, 0.6) is 0 Å². The van der Waals surface area contributed by atoms with Crippen LogP contribution in [-0.4, -0.2) is 22.2 Å². The van der Waals surface area contributed by atoms with Crippen LogP contribution < -0.4 is 5.32 Å². The van der Waals surface area contributed by atoms with Gasteiger partial charge in [0, 0.05) is 5.02 Å². The van der Waals surface area contributed by atoms with Gasteiger partial charge >= 0.3 is 12.3 Å². The molecular weight excluding hydrogens is 521 g/mol. The van der Waals surface area contributed by atoms with Crippen molar-refractivity contribution in [1.29, 1.82) is 0 Å². The molecule has 1 heterocycles. The Kier molecular flexibility index (Phi) is 7.82. The van der Waals surface area contributed by atoms with E-state index in [0.29, 0.717) is 22.4 Å². The smallest absolute Gasteiger partial charge is 0.417 e. The minimum Gasteiger partial charge on any atom is -0.445 e. The molecular formula is C28H32ClF3N2O2S. The zero-order valence-corrected chi connectivity index (χ0v) is 22.9. The Hall–Kier alpha value is -2.32. The molecule has 2 fully saturated rings. The van der Waals surface area contributed by atoms with Crippen LogP contribution in [0.15, 0.2) is 48.5 Å². The number of hydrogen-bond acceptors (Lipinski definition) is 3. The lowest BCUT2D eigenvalue weighted by molar-refractivity contribution is -0.137. The van der Waals surface area contributed by atoms with E-state index in [9.17, 15) is 18.0 Å². The Morgan fingerprint density at radius 2 is 1.76 bits per heavy atom. The van der Waals surface area contributed by atoms with Crippen LogP contribution in [0, 0.1) is 17.8 Å². The maximum Gasteiger partial charge on any atom is 0.417 e. The van der Waals surface area contributed by atoms with E-state index >= 15 is 0 Å². The highest BCUT2D eigenvalue weighted by molar-refractivity contribution is 7.80. The highest BCUT2D eigenvalue weighted by Gasteiger charge is 2.52. The molecule has 1 N–H and O–H groups in total. The first kappa shape index (κ1) is 27.7. The molecule has 1 saturated heterocycles. The zero-order valence-electron chi connectivity index (χ0n) is 21.3. The lowest BCUT2D eigenvalue weighted by atomic mass is 9.75. The van der Waals surface area contributed by atoms with Crippen LogP contribution >= 0.6 is 23.8 Å². The van der Waals surface area contributed by atoms with E-state index in [1.54, 1.807) is 12.1 Å². The molecule has 1 aliphatic carbocycles. The average molecular weight is 553 g/mol. The van der Waals surface area contributed by atoms with E-state index in [4.69, 9.17) is 28.6 Å². The topological polar surface area (TPSA) is 41.6 Å². The molecule has 1 amide bonds. The van der Waals surface area contributed by atoms with Crippen molar-refractivity contribution >= 4 is 35.0 Å². The van der Waals surface area contributed by atoms with E-state index in [2.05, 4.69) is 26.1 Å². The van der Waals surface area contributed by atoms with E-state index in [0.717, 1.165) is 37.0 Å². The summed E-state index contributed by atoms with van der Waals surface area (Å²) in [6, 6.07) is 11.2. The van der Waals surface area contributed by atoms with Gasteiger partial charge in [-0.25, -0.2) is 9.69 Å². The molecule has 4 nitrogen and oxygen atoms in total. The molecule has 5 atom stereocenters. The van der Waals surface area contributed by atoms with Gasteiger partial charge in [-0.3, -0.25) is 0 Å². The second kappa shape index (κ2) is 10.4. The van der Waals surface area contributed by atoms with Crippen molar-refractivity contribution in [2.45, 2.75) is 70.8 Å². The third-order valence-electron chi connectivity index (χ3n) is 7.80. The van der Waals surface area contributed by atoms with E-state index in [1.807, 2.05) is 19.1 Å². The van der Waals surface area contributed by atoms with Gasteiger partial charge in [-0.05, 0) is 85.1 Å². The fourth-order valence-corrected chi connectivity index (χ4v) is 6.23. The maximum atomic E-state index is 13.8. The molecule has 0 bridgehead atoms. The highest BCUT2D eigenvalue weighted by atomic mass is 35.5. The largest absolute Gasteiger partial charge is 0.445 e. The quantitative estimate of drug-likeness (QED) is 0.389. The number of rotatable bonds is 4. The molecule has 0 aromatic heterocycles. The summed E-state index contributed by atoms with van der Waals surface area (Å²) in [4.78, 5) is 15.1. The van der Waals surface area contributed by atoms with Gasteiger partial charge in [0.2, 0.25) is 0 Å². The average Bonchev–Trinajstić information content (AvgIpc) is 3.09. The summed E-state index contributed by atoms with van der Waals surface area (Å²) in [5.74, 6) is 1.01. The van der Waals surface area contributed by atoms with Crippen molar-refractivity contribution < 1.29 is 22.7 Å². The van der Waals surface area contributed by atoms with Gasteiger partial charge in [0.05, 0.1) is 17.1 Å². The molecule has 200 valence electrons. The minimum absolute atomic E-state index is 0.164. The number of benzene rings is 2. The fraction of sp³-hybridized carbons (Fsp3) is 0.500. The van der Waals surface area contributed by atoms with Gasteiger partial charge in [0.15, 0.2) is 5.11 Å². The Labute approximate surface area is 226 Å². The van der Waals surface area contributed by atoms with Crippen molar-refractivity contribution in [2.24, 2.45) is 17.8 Å². The summed E-state index contributed by atoms with van der Waals surface area (Å²) < 4.78 is 46.0. The Morgan fingerprint density at radius 1 is 1.14 bits per heavy atom. The first-order chi connectivity index (χ1) is 17.3. The maximum absolute atomic E-state index is 13.8. The number of thiocarbonyl (C=S) groups is 1. The lowest BCUT2D eigenvalue weighted by Crippen LogP contribution is -2.43. The van der Waals surface area contributed by atoms with Gasteiger partial charge in [-0.2, -0.15) is 13.2 Å². The molecule has 2 aliphatic rings. The number of ether oxygens (including phenoxy) is 1. The van der Waals surface area contributed by atoms with Crippen molar-refractivity contribution in [3.8, 4) is 0 Å². The second-order valence-corrected chi connectivity index (χ2v) is 11.6. The first-order valence-corrected chi connectivity index (χ1v) is 13.3. The Bertz CT molecular complexity index is 1140. The summed E-state index contributed by atoms with van der Waals surface area (Å²) in [6.07, 6.45) is -2.49. The van der Waals surface area contributed by atoms with Crippen LogP contribution in [0.1, 0.15) is 69.7 Å². The van der Waals surface area contributed by atoms with Crippen LogP contribution in [0.2, 0.25) is 5.02 Å². The first-order valence-electron chi connectivity index (χ1n) is 12.6. The molecule has 1 aliphatic heterocycles. The van der Waals surface area contributed by atoms with Crippen LogP contribution in [0.3, 0.4) is 0 Å². The van der Waals surface area contributed by atoms with Crippen molar-refractivity contribution in [1.82, 2.24) is 10.2 Å². The molecule has 9 heteroatoms. The Morgan fingerprint density at radius 3 is 2.32 bits per heavy atom. The van der Waals surface area contributed by atoms with Gasteiger partial charge in [0.25, 0.3) is 0 Å². The number of carbonyl (C=O) groups excluding carboxylic acids is 1. The standard InChI is InChI=1S/C28H32ClF3N2O2S/c1-16(2)22-14-5-17(3)15-23(22)36-26(35)34-24(18-6-8-20(9-7-18)28(30,31)32)27(4,33-25(34)37)19-10-12-21(29)13-11-19/h6-13,16-17,22-24H,5,14-15H2,1-4H3,(H,33,37)/t17-,22+,23?,24-,27+/m1/s1. The SMILES string of the molecule is CC(C)[C@@H]1CC[C@@H](C)CC1OC(=O)N1C(=S)N[C@@](C)(c2ccc(Cl)cc2)[C@H]1c1ccc(C(F)(F)F)cc1. The number of carbonyl (C=O) groups is 1. The van der Waals surface area contributed by atoms with E-state index in [-0.39, 0.29) is 17.1 Å². The summed E-state index contributed by atoms with van der Waals surface area (Å²) in [7, 11) is 0. The predicted molar refractivity (Wildman–Crippen MR) is 142 cm³/mol. The van der Waals surface area contributed by atoms with Gasteiger partial charge in [-0.1, -0.05) is 63.1 Å². The number of amides is 1. The summed E-state index contributed by atoms with van der Waals surface area (Å²) >= 11 is 11.7. The minimum atomic E-state index is -4.47. The second-order valence-electron chi connectivity index (χ2n) is 10.8.